The van der Waals surface area contributed by atoms with E-state index in [0.717, 1.165) is 23.1 Å². The summed E-state index contributed by atoms with van der Waals surface area (Å²) < 4.78 is 25.7. The topological polar surface area (TPSA) is 62.8 Å². The van der Waals surface area contributed by atoms with E-state index in [2.05, 4.69) is 26.6 Å². The lowest BCUT2D eigenvalue weighted by atomic mass is 10.2. The molecule has 0 unspecified atom stereocenters. The molecule has 3 N–H and O–H groups in total. The second-order valence-electron chi connectivity index (χ2n) is 5.64. The molecule has 0 bridgehead atoms. The van der Waals surface area contributed by atoms with Crippen LogP contribution in [0.15, 0.2) is 40.9 Å². The number of aliphatic hydroxyl groups excluding tert-OH is 1. The number of halogens is 4. The van der Waals surface area contributed by atoms with E-state index in [1.165, 1.54) is 6.07 Å². The van der Waals surface area contributed by atoms with Crippen LogP contribution in [0, 0.1) is 5.82 Å². The first-order valence-corrected chi connectivity index (χ1v) is 9.20. The van der Waals surface area contributed by atoms with Crippen molar-refractivity contribution >= 4 is 40.7 Å². The van der Waals surface area contributed by atoms with Gasteiger partial charge in [-0.15, -0.1) is 24.8 Å². The van der Waals surface area contributed by atoms with E-state index in [9.17, 15) is 4.39 Å². The van der Waals surface area contributed by atoms with Crippen molar-refractivity contribution in [2.24, 2.45) is 0 Å². The van der Waals surface area contributed by atoms with E-state index < -0.39 is 0 Å². The Bertz CT molecular complexity index is 711. The van der Waals surface area contributed by atoms with Gasteiger partial charge in [-0.3, -0.25) is 0 Å². The van der Waals surface area contributed by atoms with Crippen LogP contribution < -0.4 is 20.1 Å². The fraction of sp³-hybridized carbons (Fsp3) is 0.368. The van der Waals surface area contributed by atoms with Crippen LogP contribution in [0.4, 0.5) is 4.39 Å². The van der Waals surface area contributed by atoms with Gasteiger partial charge in [0.15, 0.2) is 11.5 Å². The van der Waals surface area contributed by atoms with Gasteiger partial charge in [0, 0.05) is 31.7 Å². The zero-order chi connectivity index (χ0) is 18.8. The molecule has 0 aliphatic carbocycles. The number of aliphatic hydroxyl groups is 1. The molecule has 0 fully saturated rings. The predicted molar refractivity (Wildman–Crippen MR) is 118 cm³/mol. The molecule has 5 nitrogen and oxygen atoms in total. The van der Waals surface area contributed by atoms with E-state index in [-0.39, 0.29) is 43.8 Å². The van der Waals surface area contributed by atoms with Crippen LogP contribution in [-0.2, 0) is 13.2 Å². The number of hydrogen-bond acceptors (Lipinski definition) is 5. The Morgan fingerprint density at radius 2 is 1.79 bits per heavy atom. The van der Waals surface area contributed by atoms with Gasteiger partial charge in [-0.2, -0.15) is 0 Å². The van der Waals surface area contributed by atoms with Crippen molar-refractivity contribution in [2.45, 2.75) is 13.2 Å². The number of methoxy groups -OCH3 is 1. The fourth-order valence-electron chi connectivity index (χ4n) is 2.39. The molecule has 0 saturated heterocycles. The zero-order valence-corrected chi connectivity index (χ0v) is 18.8. The molecule has 0 atom stereocenters. The highest BCUT2D eigenvalue weighted by Gasteiger charge is 2.13. The summed E-state index contributed by atoms with van der Waals surface area (Å²) in [4.78, 5) is 0. The number of ether oxygens (including phenoxy) is 2. The molecule has 0 saturated carbocycles. The molecule has 0 aliphatic heterocycles. The van der Waals surface area contributed by atoms with Gasteiger partial charge in [0.1, 0.15) is 12.4 Å². The summed E-state index contributed by atoms with van der Waals surface area (Å²) in [5.41, 5.74) is 1.52. The van der Waals surface area contributed by atoms with E-state index in [4.69, 9.17) is 14.6 Å². The molecule has 2 rings (SSSR count). The quantitative estimate of drug-likeness (QED) is 0.411. The van der Waals surface area contributed by atoms with E-state index in [0.29, 0.717) is 30.2 Å². The number of rotatable bonds is 11. The van der Waals surface area contributed by atoms with E-state index in [1.807, 2.05) is 12.1 Å². The van der Waals surface area contributed by atoms with Gasteiger partial charge in [-0.05, 0) is 39.7 Å². The summed E-state index contributed by atoms with van der Waals surface area (Å²) in [5, 5.41) is 15.1. The van der Waals surface area contributed by atoms with Crippen molar-refractivity contribution < 1.29 is 19.0 Å². The second kappa shape index (κ2) is 14.8. The minimum Gasteiger partial charge on any atom is -0.493 e. The van der Waals surface area contributed by atoms with Crippen LogP contribution in [0.5, 0.6) is 11.5 Å². The maximum absolute atomic E-state index is 13.7. The Balaban J connectivity index is 0.00000364. The van der Waals surface area contributed by atoms with E-state index >= 15 is 0 Å². The van der Waals surface area contributed by atoms with Crippen LogP contribution in [-0.4, -0.2) is 38.5 Å². The summed E-state index contributed by atoms with van der Waals surface area (Å²) >= 11 is 3.51. The van der Waals surface area contributed by atoms with Gasteiger partial charge in [0.25, 0.3) is 0 Å². The van der Waals surface area contributed by atoms with Crippen LogP contribution in [0.2, 0.25) is 0 Å². The maximum atomic E-state index is 13.7. The highest BCUT2D eigenvalue weighted by atomic mass is 79.9. The molecule has 0 amide bonds. The minimum atomic E-state index is -0.293. The smallest absolute Gasteiger partial charge is 0.175 e. The first-order chi connectivity index (χ1) is 12.7. The summed E-state index contributed by atoms with van der Waals surface area (Å²) in [6, 6.07) is 10.4. The Labute approximate surface area is 186 Å². The van der Waals surface area contributed by atoms with Gasteiger partial charge in [-0.25, -0.2) is 4.39 Å². The Kier molecular flexibility index (Phi) is 14.3. The molecule has 0 aromatic heterocycles. The first kappa shape index (κ1) is 26.9. The summed E-state index contributed by atoms with van der Waals surface area (Å²) in [6.45, 7) is 3.08. The number of benzene rings is 2. The molecule has 0 heterocycles. The maximum Gasteiger partial charge on any atom is 0.175 e. The van der Waals surface area contributed by atoms with Crippen LogP contribution in [0.1, 0.15) is 11.1 Å². The minimum absolute atomic E-state index is 0. The number of hydrogen-bond donors (Lipinski definition) is 3. The average molecular weight is 500 g/mol. The van der Waals surface area contributed by atoms with Crippen molar-refractivity contribution in [3.63, 3.8) is 0 Å². The SMILES string of the molecule is COc1cc(CNCCNCCO)cc(Br)c1OCc1ccccc1F.Cl.Cl. The summed E-state index contributed by atoms with van der Waals surface area (Å²) in [6.07, 6.45) is 0. The van der Waals surface area contributed by atoms with Crippen LogP contribution >= 0.6 is 40.7 Å². The molecule has 0 spiro atoms. The van der Waals surface area contributed by atoms with Gasteiger partial charge < -0.3 is 25.2 Å². The lowest BCUT2D eigenvalue weighted by molar-refractivity contribution is 0.277. The van der Waals surface area contributed by atoms with Crippen molar-refractivity contribution in [3.8, 4) is 11.5 Å². The molecular weight excluding hydrogens is 474 g/mol. The monoisotopic (exact) mass is 498 g/mol. The molecule has 9 heteroatoms. The highest BCUT2D eigenvalue weighted by molar-refractivity contribution is 9.10. The third kappa shape index (κ3) is 8.51. The molecule has 158 valence electrons. The molecule has 0 aliphatic rings. The first-order valence-electron chi connectivity index (χ1n) is 8.40. The van der Waals surface area contributed by atoms with Crippen molar-refractivity contribution in [1.82, 2.24) is 10.6 Å². The molecule has 0 radical (unpaired) electrons. The standard InChI is InChI=1S/C19H24BrFN2O3.2ClH/c1-25-18-11-14(12-23-7-6-22-8-9-24)10-16(20)19(18)26-13-15-4-2-3-5-17(15)21;;/h2-5,10-11,22-24H,6-9,12-13H2,1H3;2*1H. The third-order valence-electron chi connectivity index (χ3n) is 3.72. The van der Waals surface area contributed by atoms with E-state index in [1.54, 1.807) is 25.3 Å². The van der Waals surface area contributed by atoms with Gasteiger partial charge >= 0.3 is 0 Å². The number of nitrogens with one attached hydrogen (secondary N) is 2. The van der Waals surface area contributed by atoms with Crippen molar-refractivity contribution in [3.05, 3.63) is 57.8 Å². The molecule has 2 aromatic rings. The zero-order valence-electron chi connectivity index (χ0n) is 15.5. The van der Waals surface area contributed by atoms with Crippen molar-refractivity contribution in [1.29, 1.82) is 0 Å². The molecular formula is C19H26BrCl2FN2O3. The van der Waals surface area contributed by atoms with Crippen molar-refractivity contribution in [2.75, 3.05) is 33.4 Å². The predicted octanol–water partition coefficient (Wildman–Crippen LogP) is 3.69. The van der Waals surface area contributed by atoms with Crippen LogP contribution in [0.25, 0.3) is 0 Å². The normalized spacial score (nSPS) is 10.0. The Morgan fingerprint density at radius 3 is 2.46 bits per heavy atom. The van der Waals surface area contributed by atoms with Crippen LogP contribution in [0.3, 0.4) is 0 Å². The fourth-order valence-corrected chi connectivity index (χ4v) is 3.00. The lowest BCUT2D eigenvalue weighted by Gasteiger charge is -2.15. The summed E-state index contributed by atoms with van der Waals surface area (Å²) in [5.74, 6) is 0.841. The second-order valence-corrected chi connectivity index (χ2v) is 6.49. The third-order valence-corrected chi connectivity index (χ3v) is 4.30. The Hall–Kier alpha value is -1.09. The lowest BCUT2D eigenvalue weighted by Crippen LogP contribution is -2.28. The summed E-state index contributed by atoms with van der Waals surface area (Å²) in [7, 11) is 1.58. The van der Waals surface area contributed by atoms with Gasteiger partial charge in [0.2, 0.25) is 0 Å². The van der Waals surface area contributed by atoms with Gasteiger partial charge in [-0.1, -0.05) is 18.2 Å². The molecule has 2 aromatic carbocycles. The largest absolute Gasteiger partial charge is 0.493 e. The average Bonchev–Trinajstić information content (AvgIpc) is 2.64. The van der Waals surface area contributed by atoms with Gasteiger partial charge in [0.05, 0.1) is 18.2 Å². The molecule has 28 heavy (non-hydrogen) atoms. The highest BCUT2D eigenvalue weighted by Crippen LogP contribution is 2.37. The Morgan fingerprint density at radius 1 is 1.07 bits per heavy atom.